The molecule has 1 aliphatic rings. The molecule has 5 heteroatoms. The molecular weight excluding hydrogens is 338 g/mol. The van der Waals surface area contributed by atoms with Crippen LogP contribution in [0.5, 0.6) is 5.75 Å². The van der Waals surface area contributed by atoms with E-state index in [2.05, 4.69) is 5.32 Å². The van der Waals surface area contributed by atoms with Crippen molar-refractivity contribution in [2.75, 3.05) is 13.2 Å². The second-order valence-electron chi connectivity index (χ2n) is 6.22. The van der Waals surface area contributed by atoms with Gasteiger partial charge in [-0.15, -0.1) is 0 Å². The van der Waals surface area contributed by atoms with E-state index < -0.39 is 0 Å². The minimum absolute atomic E-state index is 0.110. The first-order valence-electron chi connectivity index (χ1n) is 8.52. The average Bonchev–Trinajstić information content (AvgIpc) is 3.14. The van der Waals surface area contributed by atoms with Crippen molar-refractivity contribution in [3.05, 3.63) is 64.7 Å². The molecule has 1 fully saturated rings. The predicted octanol–water partition coefficient (Wildman–Crippen LogP) is 4.39. The van der Waals surface area contributed by atoms with Gasteiger partial charge in [0.25, 0.3) is 5.91 Å². The summed E-state index contributed by atoms with van der Waals surface area (Å²) in [5, 5.41) is 3.67. The fourth-order valence-electron chi connectivity index (χ4n) is 2.81. The van der Waals surface area contributed by atoms with Crippen molar-refractivity contribution in [2.45, 2.75) is 31.9 Å². The summed E-state index contributed by atoms with van der Waals surface area (Å²) in [6.07, 6.45) is 2.26. The molecule has 2 aromatic rings. The van der Waals surface area contributed by atoms with Crippen LogP contribution in [-0.4, -0.2) is 25.2 Å². The number of amides is 1. The van der Waals surface area contributed by atoms with Crippen molar-refractivity contribution in [3.8, 4) is 5.75 Å². The third-order valence-corrected chi connectivity index (χ3v) is 4.53. The number of hydrogen-bond acceptors (Lipinski definition) is 3. The molecule has 3 rings (SSSR count). The molecule has 1 amide bonds. The van der Waals surface area contributed by atoms with Crippen LogP contribution in [0.15, 0.2) is 48.5 Å². The van der Waals surface area contributed by atoms with Crippen molar-refractivity contribution >= 4 is 17.5 Å². The summed E-state index contributed by atoms with van der Waals surface area (Å²) in [5.74, 6) is 0.548. The normalized spacial score (nSPS) is 17.9. The second kappa shape index (κ2) is 8.37. The van der Waals surface area contributed by atoms with Gasteiger partial charge in [-0.25, -0.2) is 0 Å². The molecule has 2 atom stereocenters. The Balaban J connectivity index is 1.59. The van der Waals surface area contributed by atoms with Gasteiger partial charge in [0.1, 0.15) is 12.4 Å². The summed E-state index contributed by atoms with van der Waals surface area (Å²) in [6.45, 7) is 3.27. The Morgan fingerprint density at radius 2 is 2.12 bits per heavy atom. The van der Waals surface area contributed by atoms with Gasteiger partial charge in [0.05, 0.1) is 12.1 Å². The largest absolute Gasteiger partial charge is 0.491 e. The van der Waals surface area contributed by atoms with Gasteiger partial charge in [-0.05, 0) is 55.7 Å². The molecule has 25 heavy (non-hydrogen) atoms. The Bertz CT molecular complexity index is 711. The molecule has 2 aromatic carbocycles. The van der Waals surface area contributed by atoms with E-state index in [0.29, 0.717) is 22.9 Å². The minimum atomic E-state index is -0.134. The monoisotopic (exact) mass is 359 g/mol. The zero-order valence-corrected chi connectivity index (χ0v) is 15.0. The second-order valence-corrected chi connectivity index (χ2v) is 6.66. The standard InChI is InChI=1S/C20H22ClNO3/c1-14(15-7-9-17(21)10-8-15)22-20(23)16-4-2-5-18(12-16)25-13-19-6-3-11-24-19/h2,4-5,7-10,12,14,19H,3,6,11,13H2,1H3,(H,22,23). The fourth-order valence-corrected chi connectivity index (χ4v) is 2.93. The van der Waals surface area contributed by atoms with Crippen LogP contribution in [0.3, 0.4) is 0 Å². The zero-order valence-electron chi connectivity index (χ0n) is 14.2. The SMILES string of the molecule is CC(NC(=O)c1cccc(OCC2CCCO2)c1)c1ccc(Cl)cc1. The molecule has 1 saturated heterocycles. The Morgan fingerprint density at radius 3 is 2.84 bits per heavy atom. The average molecular weight is 360 g/mol. The van der Waals surface area contributed by atoms with Gasteiger partial charge in [0.15, 0.2) is 0 Å². The van der Waals surface area contributed by atoms with Crippen LogP contribution < -0.4 is 10.1 Å². The van der Waals surface area contributed by atoms with Gasteiger partial charge < -0.3 is 14.8 Å². The number of carbonyl (C=O) groups excluding carboxylic acids is 1. The molecule has 0 spiro atoms. The number of carbonyl (C=O) groups is 1. The molecule has 1 N–H and O–H groups in total. The summed E-state index contributed by atoms with van der Waals surface area (Å²) >= 11 is 5.90. The molecule has 0 aromatic heterocycles. The highest BCUT2D eigenvalue weighted by atomic mass is 35.5. The molecule has 1 heterocycles. The maximum atomic E-state index is 12.5. The van der Waals surface area contributed by atoms with Crippen molar-refractivity contribution in [3.63, 3.8) is 0 Å². The van der Waals surface area contributed by atoms with Crippen molar-refractivity contribution in [1.29, 1.82) is 0 Å². The van der Waals surface area contributed by atoms with Gasteiger partial charge in [-0.2, -0.15) is 0 Å². The number of rotatable bonds is 6. The first-order chi connectivity index (χ1) is 12.1. The Hall–Kier alpha value is -2.04. The van der Waals surface area contributed by atoms with E-state index in [9.17, 15) is 4.79 Å². The summed E-state index contributed by atoms with van der Waals surface area (Å²) in [6, 6.07) is 14.6. The van der Waals surface area contributed by atoms with Crippen molar-refractivity contribution < 1.29 is 14.3 Å². The Labute approximate surface area is 153 Å². The van der Waals surface area contributed by atoms with Crippen LogP contribution in [0.1, 0.15) is 41.7 Å². The Morgan fingerprint density at radius 1 is 1.32 bits per heavy atom. The molecule has 1 aliphatic heterocycles. The molecule has 0 radical (unpaired) electrons. The number of nitrogens with one attached hydrogen (secondary N) is 1. The third-order valence-electron chi connectivity index (χ3n) is 4.27. The van der Waals surface area contributed by atoms with E-state index in [1.54, 1.807) is 12.1 Å². The number of ether oxygens (including phenoxy) is 2. The summed E-state index contributed by atoms with van der Waals surface area (Å²) in [7, 11) is 0. The van der Waals surface area contributed by atoms with Crippen LogP contribution in [0, 0.1) is 0 Å². The van der Waals surface area contributed by atoms with Crippen LogP contribution in [0.4, 0.5) is 0 Å². The van der Waals surface area contributed by atoms with Gasteiger partial charge in [-0.1, -0.05) is 29.8 Å². The van der Waals surface area contributed by atoms with Gasteiger partial charge >= 0.3 is 0 Å². The van der Waals surface area contributed by atoms with E-state index in [-0.39, 0.29) is 18.1 Å². The first kappa shape index (κ1) is 17.8. The smallest absolute Gasteiger partial charge is 0.251 e. The van der Waals surface area contributed by atoms with Crippen molar-refractivity contribution in [2.24, 2.45) is 0 Å². The molecule has 0 aliphatic carbocycles. The lowest BCUT2D eigenvalue weighted by Gasteiger charge is -2.15. The molecule has 0 bridgehead atoms. The lowest BCUT2D eigenvalue weighted by Crippen LogP contribution is -2.26. The lowest BCUT2D eigenvalue weighted by atomic mass is 10.1. The molecule has 132 valence electrons. The molecule has 2 unspecified atom stereocenters. The highest BCUT2D eigenvalue weighted by Gasteiger charge is 2.17. The van der Waals surface area contributed by atoms with Gasteiger partial charge in [0.2, 0.25) is 0 Å². The minimum Gasteiger partial charge on any atom is -0.491 e. The van der Waals surface area contributed by atoms with E-state index in [0.717, 1.165) is 25.0 Å². The van der Waals surface area contributed by atoms with Crippen molar-refractivity contribution in [1.82, 2.24) is 5.32 Å². The number of benzene rings is 2. The predicted molar refractivity (Wildman–Crippen MR) is 98.2 cm³/mol. The van der Waals surface area contributed by atoms with E-state index in [1.807, 2.05) is 43.3 Å². The molecular formula is C20H22ClNO3. The maximum absolute atomic E-state index is 12.5. The first-order valence-corrected chi connectivity index (χ1v) is 8.90. The van der Waals surface area contributed by atoms with E-state index in [4.69, 9.17) is 21.1 Å². The zero-order chi connectivity index (χ0) is 17.6. The third kappa shape index (κ3) is 4.97. The van der Waals surface area contributed by atoms with Crippen LogP contribution >= 0.6 is 11.6 Å². The number of hydrogen-bond donors (Lipinski definition) is 1. The van der Waals surface area contributed by atoms with Crippen LogP contribution in [-0.2, 0) is 4.74 Å². The van der Waals surface area contributed by atoms with Gasteiger partial charge in [0, 0.05) is 17.2 Å². The summed E-state index contributed by atoms with van der Waals surface area (Å²) in [5.41, 5.74) is 1.58. The molecule has 0 saturated carbocycles. The highest BCUT2D eigenvalue weighted by Crippen LogP contribution is 2.19. The topological polar surface area (TPSA) is 47.6 Å². The quantitative estimate of drug-likeness (QED) is 0.832. The Kier molecular flexibility index (Phi) is 5.95. The summed E-state index contributed by atoms with van der Waals surface area (Å²) in [4.78, 5) is 12.5. The lowest BCUT2D eigenvalue weighted by molar-refractivity contribution is 0.0679. The van der Waals surface area contributed by atoms with Crippen LogP contribution in [0.2, 0.25) is 5.02 Å². The van der Waals surface area contributed by atoms with E-state index in [1.165, 1.54) is 0 Å². The van der Waals surface area contributed by atoms with E-state index >= 15 is 0 Å². The molecule has 4 nitrogen and oxygen atoms in total. The van der Waals surface area contributed by atoms with Gasteiger partial charge in [-0.3, -0.25) is 4.79 Å². The highest BCUT2D eigenvalue weighted by molar-refractivity contribution is 6.30. The van der Waals surface area contributed by atoms with Crippen LogP contribution in [0.25, 0.3) is 0 Å². The number of halogens is 1. The maximum Gasteiger partial charge on any atom is 0.251 e. The fraction of sp³-hybridized carbons (Fsp3) is 0.350. The summed E-state index contributed by atoms with van der Waals surface area (Å²) < 4.78 is 11.3.